The number of carbonyl (C=O) groups excluding carboxylic acids is 1. The van der Waals surface area contributed by atoms with Crippen molar-refractivity contribution in [3.05, 3.63) is 29.3 Å². The molecule has 108 valence electrons. The van der Waals surface area contributed by atoms with Crippen molar-refractivity contribution in [1.29, 1.82) is 0 Å². The minimum absolute atomic E-state index is 0.204. The molecule has 1 heterocycles. The molecule has 0 aromatic heterocycles. The van der Waals surface area contributed by atoms with Crippen molar-refractivity contribution in [1.82, 2.24) is 0 Å². The van der Waals surface area contributed by atoms with Gasteiger partial charge in [-0.15, -0.1) is 0 Å². The maximum Gasteiger partial charge on any atom is 0.309 e. The Hall–Kier alpha value is -1.51. The highest BCUT2D eigenvalue weighted by Crippen LogP contribution is 2.44. The summed E-state index contributed by atoms with van der Waals surface area (Å²) in [6.45, 7) is 0.835. The zero-order chi connectivity index (χ0) is 14.0. The average molecular weight is 274 g/mol. The van der Waals surface area contributed by atoms with Gasteiger partial charge in [-0.05, 0) is 36.5 Å². The van der Waals surface area contributed by atoms with E-state index in [0.717, 1.165) is 24.3 Å². The van der Waals surface area contributed by atoms with Crippen molar-refractivity contribution in [3.63, 3.8) is 0 Å². The molecule has 0 radical (unpaired) electrons. The number of hydrogen-bond donors (Lipinski definition) is 0. The van der Waals surface area contributed by atoms with Crippen LogP contribution >= 0.6 is 0 Å². The van der Waals surface area contributed by atoms with Crippen LogP contribution in [0.2, 0.25) is 0 Å². The molecular formula is C17H22O3. The topological polar surface area (TPSA) is 35.5 Å². The number of hydrogen-bond acceptors (Lipinski definition) is 3. The van der Waals surface area contributed by atoms with Crippen LogP contribution in [-0.4, -0.2) is 19.7 Å². The zero-order valence-electron chi connectivity index (χ0n) is 12.1. The number of benzene rings is 1. The summed E-state index contributed by atoms with van der Waals surface area (Å²) in [5, 5.41) is 0. The van der Waals surface area contributed by atoms with Crippen LogP contribution < -0.4 is 4.74 Å². The second kappa shape index (κ2) is 5.47. The molecule has 1 saturated carbocycles. The van der Waals surface area contributed by atoms with Crippen molar-refractivity contribution in [3.8, 4) is 5.75 Å². The van der Waals surface area contributed by atoms with Crippen molar-refractivity contribution in [2.75, 3.05) is 13.7 Å². The SMILES string of the molecule is COC(=O)Cc1ccc2c(c1)OCC1(CCCCC1)C2. The van der Waals surface area contributed by atoms with E-state index < -0.39 is 0 Å². The maximum absolute atomic E-state index is 11.3. The molecule has 3 rings (SSSR count). The quantitative estimate of drug-likeness (QED) is 0.776. The Labute approximate surface area is 120 Å². The monoisotopic (exact) mass is 274 g/mol. The van der Waals surface area contributed by atoms with Gasteiger partial charge >= 0.3 is 5.97 Å². The molecule has 0 bridgehead atoms. The first kappa shape index (κ1) is 13.5. The molecule has 0 saturated heterocycles. The third-order valence-electron chi connectivity index (χ3n) is 4.72. The summed E-state index contributed by atoms with van der Waals surface area (Å²) < 4.78 is 10.7. The van der Waals surface area contributed by atoms with E-state index in [1.807, 2.05) is 12.1 Å². The summed E-state index contributed by atoms with van der Waals surface area (Å²) in [5.74, 6) is 0.757. The molecule has 0 atom stereocenters. The average Bonchev–Trinajstić information content (AvgIpc) is 2.48. The van der Waals surface area contributed by atoms with Gasteiger partial charge in [0, 0.05) is 5.41 Å². The van der Waals surface area contributed by atoms with Gasteiger partial charge in [0.15, 0.2) is 0 Å². The van der Waals surface area contributed by atoms with Crippen LogP contribution in [0, 0.1) is 5.41 Å². The molecule has 1 aliphatic carbocycles. The van der Waals surface area contributed by atoms with Gasteiger partial charge in [0.25, 0.3) is 0 Å². The lowest BCUT2D eigenvalue weighted by Gasteiger charge is -2.41. The lowest BCUT2D eigenvalue weighted by Crippen LogP contribution is -2.36. The molecule has 1 aromatic rings. The number of methoxy groups -OCH3 is 1. The summed E-state index contributed by atoms with van der Waals surface area (Å²) in [7, 11) is 1.42. The van der Waals surface area contributed by atoms with Crippen molar-refractivity contribution in [2.24, 2.45) is 5.41 Å². The number of fused-ring (bicyclic) bond motifs is 1. The van der Waals surface area contributed by atoms with Crippen molar-refractivity contribution >= 4 is 5.97 Å². The van der Waals surface area contributed by atoms with Crippen molar-refractivity contribution in [2.45, 2.75) is 44.9 Å². The van der Waals surface area contributed by atoms with Gasteiger partial charge in [-0.25, -0.2) is 0 Å². The maximum atomic E-state index is 11.3. The standard InChI is InChI=1S/C17H22O3/c1-19-16(18)10-13-5-6-14-11-17(7-3-2-4-8-17)12-20-15(14)9-13/h5-6,9H,2-4,7-8,10-12H2,1H3. The Morgan fingerprint density at radius 3 is 2.85 bits per heavy atom. The predicted octanol–water partition coefficient (Wildman–Crippen LogP) is 3.29. The van der Waals surface area contributed by atoms with E-state index in [1.54, 1.807) is 0 Å². The van der Waals surface area contributed by atoms with Crippen LogP contribution in [0.15, 0.2) is 18.2 Å². The van der Waals surface area contributed by atoms with Crippen molar-refractivity contribution < 1.29 is 14.3 Å². The Kier molecular flexibility index (Phi) is 3.68. The Morgan fingerprint density at radius 1 is 1.30 bits per heavy atom. The van der Waals surface area contributed by atoms with Gasteiger partial charge in [-0.2, -0.15) is 0 Å². The van der Waals surface area contributed by atoms with Crippen LogP contribution in [0.5, 0.6) is 5.75 Å². The molecule has 1 aliphatic heterocycles. The minimum atomic E-state index is -0.204. The molecule has 20 heavy (non-hydrogen) atoms. The van der Waals surface area contributed by atoms with E-state index >= 15 is 0 Å². The van der Waals surface area contributed by atoms with E-state index in [4.69, 9.17) is 9.47 Å². The Bertz CT molecular complexity index is 501. The van der Waals surface area contributed by atoms with Gasteiger partial charge in [-0.3, -0.25) is 4.79 Å². The summed E-state index contributed by atoms with van der Waals surface area (Å²) in [5.41, 5.74) is 2.64. The van der Waals surface area contributed by atoms with Crippen LogP contribution in [0.4, 0.5) is 0 Å². The number of carbonyl (C=O) groups is 1. The van der Waals surface area contributed by atoms with E-state index in [1.165, 1.54) is 44.8 Å². The zero-order valence-corrected chi connectivity index (χ0v) is 12.1. The lowest BCUT2D eigenvalue weighted by molar-refractivity contribution is -0.139. The molecule has 0 unspecified atom stereocenters. The fraction of sp³-hybridized carbons (Fsp3) is 0.588. The fourth-order valence-corrected chi connectivity index (χ4v) is 3.54. The second-order valence-corrected chi connectivity index (χ2v) is 6.22. The predicted molar refractivity (Wildman–Crippen MR) is 76.9 cm³/mol. The molecule has 2 aliphatic rings. The summed E-state index contributed by atoms with van der Waals surface area (Å²) in [6, 6.07) is 6.16. The molecular weight excluding hydrogens is 252 g/mol. The van der Waals surface area contributed by atoms with E-state index in [-0.39, 0.29) is 5.97 Å². The highest BCUT2D eigenvalue weighted by Gasteiger charge is 2.36. The molecule has 1 aromatic carbocycles. The smallest absolute Gasteiger partial charge is 0.309 e. The van der Waals surface area contributed by atoms with Crippen LogP contribution in [0.1, 0.15) is 43.2 Å². The Balaban J connectivity index is 1.76. The summed E-state index contributed by atoms with van der Waals surface area (Å²) in [4.78, 5) is 11.3. The van der Waals surface area contributed by atoms with Gasteiger partial charge in [0.1, 0.15) is 5.75 Å². The molecule has 1 spiro atoms. The number of esters is 1. The van der Waals surface area contributed by atoms with Gasteiger partial charge in [0.2, 0.25) is 0 Å². The molecule has 3 heteroatoms. The first-order chi connectivity index (χ1) is 9.71. The lowest BCUT2D eigenvalue weighted by atomic mass is 9.70. The van der Waals surface area contributed by atoms with Crippen LogP contribution in [-0.2, 0) is 22.4 Å². The third-order valence-corrected chi connectivity index (χ3v) is 4.72. The number of ether oxygens (including phenoxy) is 2. The van der Waals surface area contributed by atoms with E-state index in [2.05, 4.69) is 6.07 Å². The van der Waals surface area contributed by atoms with Crippen LogP contribution in [0.3, 0.4) is 0 Å². The third kappa shape index (κ3) is 2.67. The summed E-state index contributed by atoms with van der Waals surface area (Å²) in [6.07, 6.45) is 8.05. The highest BCUT2D eigenvalue weighted by molar-refractivity contribution is 5.72. The van der Waals surface area contributed by atoms with Gasteiger partial charge < -0.3 is 9.47 Å². The largest absolute Gasteiger partial charge is 0.493 e. The molecule has 1 fully saturated rings. The van der Waals surface area contributed by atoms with Gasteiger partial charge in [0.05, 0.1) is 20.1 Å². The van der Waals surface area contributed by atoms with Crippen LogP contribution in [0.25, 0.3) is 0 Å². The van der Waals surface area contributed by atoms with E-state index in [0.29, 0.717) is 11.8 Å². The fourth-order valence-electron chi connectivity index (χ4n) is 3.54. The first-order valence-corrected chi connectivity index (χ1v) is 7.52. The van der Waals surface area contributed by atoms with Gasteiger partial charge in [-0.1, -0.05) is 31.4 Å². The normalized spacial score (nSPS) is 20.1. The number of rotatable bonds is 2. The second-order valence-electron chi connectivity index (χ2n) is 6.22. The molecule has 0 amide bonds. The first-order valence-electron chi connectivity index (χ1n) is 7.52. The Morgan fingerprint density at radius 2 is 2.10 bits per heavy atom. The minimum Gasteiger partial charge on any atom is -0.493 e. The molecule has 3 nitrogen and oxygen atoms in total. The molecule has 0 N–H and O–H groups in total. The highest BCUT2D eigenvalue weighted by atomic mass is 16.5. The summed E-state index contributed by atoms with van der Waals surface area (Å²) >= 11 is 0. The van der Waals surface area contributed by atoms with E-state index in [9.17, 15) is 4.79 Å².